The van der Waals surface area contributed by atoms with Gasteiger partial charge in [-0.25, -0.2) is 10.1 Å². The van der Waals surface area contributed by atoms with Crippen molar-refractivity contribution in [2.45, 2.75) is 12.8 Å². The number of aryl methyl sites for hydroxylation is 1. The Bertz CT molecular complexity index is 816. The van der Waals surface area contributed by atoms with E-state index in [-0.39, 0.29) is 17.5 Å². The van der Waals surface area contributed by atoms with Crippen LogP contribution in [0.5, 0.6) is 0 Å². The summed E-state index contributed by atoms with van der Waals surface area (Å²) < 4.78 is 0. The van der Waals surface area contributed by atoms with Crippen molar-refractivity contribution in [1.82, 2.24) is 20.2 Å². The molecule has 122 valence electrons. The topological polar surface area (TPSA) is 113 Å². The van der Waals surface area contributed by atoms with Gasteiger partial charge in [-0.3, -0.25) is 14.9 Å². The normalized spacial score (nSPS) is 10.3. The Kier molecular flexibility index (Phi) is 4.92. The van der Waals surface area contributed by atoms with Crippen molar-refractivity contribution in [3.63, 3.8) is 0 Å². The van der Waals surface area contributed by atoms with Crippen LogP contribution in [-0.2, 0) is 11.2 Å². The quantitative estimate of drug-likeness (QED) is 0.635. The van der Waals surface area contributed by atoms with E-state index in [1.165, 1.54) is 17.7 Å². The summed E-state index contributed by atoms with van der Waals surface area (Å²) in [5.74, 6) is -0.329. The highest BCUT2D eigenvalue weighted by Gasteiger charge is 2.13. The average molecular weight is 342 g/mol. The minimum Gasteiger partial charge on any atom is -0.302 e. The van der Waals surface area contributed by atoms with Crippen LogP contribution in [0.15, 0.2) is 42.0 Å². The number of aromatic nitrogens is 4. The number of carbonyl (C=O) groups is 2. The molecule has 0 radical (unpaired) electrons. The second kappa shape index (κ2) is 7.47. The molecule has 1 aromatic carbocycles. The van der Waals surface area contributed by atoms with E-state index in [0.29, 0.717) is 18.0 Å². The summed E-state index contributed by atoms with van der Waals surface area (Å²) >= 11 is 1.19. The number of rotatable bonds is 6. The number of nitrogens with zero attached hydrogens (tertiary/aromatic N) is 3. The lowest BCUT2D eigenvalue weighted by Gasteiger charge is -2.02. The van der Waals surface area contributed by atoms with Crippen molar-refractivity contribution < 1.29 is 9.59 Å². The molecule has 0 aliphatic rings. The highest BCUT2D eigenvalue weighted by Crippen LogP contribution is 2.16. The lowest BCUT2D eigenvalue weighted by molar-refractivity contribution is -0.116. The van der Waals surface area contributed by atoms with E-state index in [1.54, 1.807) is 5.38 Å². The zero-order valence-electron chi connectivity index (χ0n) is 12.5. The number of hydrogen-bond acceptors (Lipinski definition) is 6. The summed E-state index contributed by atoms with van der Waals surface area (Å²) in [6.45, 7) is 0. The maximum Gasteiger partial charge on any atom is 0.277 e. The molecule has 2 heterocycles. The van der Waals surface area contributed by atoms with E-state index in [2.05, 4.69) is 30.8 Å². The third-order valence-electron chi connectivity index (χ3n) is 3.11. The van der Waals surface area contributed by atoms with Crippen LogP contribution < -0.4 is 10.6 Å². The first kappa shape index (κ1) is 15.8. The summed E-state index contributed by atoms with van der Waals surface area (Å²) in [5.41, 5.74) is 1.30. The number of benzene rings is 1. The van der Waals surface area contributed by atoms with Crippen molar-refractivity contribution >= 4 is 34.2 Å². The summed E-state index contributed by atoms with van der Waals surface area (Å²) in [4.78, 5) is 31.8. The first-order chi connectivity index (χ1) is 11.7. The van der Waals surface area contributed by atoms with Crippen molar-refractivity contribution in [3.8, 4) is 0 Å². The van der Waals surface area contributed by atoms with Gasteiger partial charge in [0.15, 0.2) is 5.13 Å². The third-order valence-corrected chi connectivity index (χ3v) is 3.87. The maximum absolute atomic E-state index is 12.0. The Labute approximate surface area is 141 Å². The molecule has 0 bridgehead atoms. The summed E-state index contributed by atoms with van der Waals surface area (Å²) in [7, 11) is 0. The van der Waals surface area contributed by atoms with E-state index in [1.807, 2.05) is 30.3 Å². The maximum atomic E-state index is 12.0. The third kappa shape index (κ3) is 4.23. The molecule has 0 fully saturated rings. The Morgan fingerprint density at radius 1 is 1.17 bits per heavy atom. The first-order valence-electron chi connectivity index (χ1n) is 7.17. The highest BCUT2D eigenvalue weighted by molar-refractivity contribution is 7.14. The van der Waals surface area contributed by atoms with Crippen molar-refractivity contribution in [2.24, 2.45) is 0 Å². The van der Waals surface area contributed by atoms with Gasteiger partial charge >= 0.3 is 0 Å². The fraction of sp³-hybridized carbons (Fsp3) is 0.133. The minimum atomic E-state index is -0.423. The molecule has 0 aliphatic heterocycles. The second-order valence-electron chi connectivity index (χ2n) is 4.86. The number of aromatic amines is 1. The molecule has 0 saturated carbocycles. The number of H-pyrrole nitrogens is 1. The van der Waals surface area contributed by atoms with E-state index >= 15 is 0 Å². The van der Waals surface area contributed by atoms with Crippen LogP contribution in [-0.4, -0.2) is 32.0 Å². The summed E-state index contributed by atoms with van der Waals surface area (Å²) in [6.07, 6.45) is 2.29. The number of thiazole rings is 1. The van der Waals surface area contributed by atoms with E-state index < -0.39 is 5.91 Å². The van der Waals surface area contributed by atoms with Crippen LogP contribution in [0, 0.1) is 0 Å². The molecule has 0 saturated heterocycles. The predicted octanol–water partition coefficient (Wildman–Crippen LogP) is 2.08. The standard InChI is InChI=1S/C15H14N6O2S/c22-12(7-6-10-4-2-1-3-5-10)19-15-18-11(8-24-15)13(23)20-14-16-9-17-21-14/h1-5,8-9H,6-7H2,(H,18,19,22)(H2,16,17,20,21,23). The van der Waals surface area contributed by atoms with Crippen molar-refractivity contribution in [1.29, 1.82) is 0 Å². The largest absolute Gasteiger partial charge is 0.302 e. The second-order valence-corrected chi connectivity index (χ2v) is 5.72. The first-order valence-corrected chi connectivity index (χ1v) is 8.05. The average Bonchev–Trinajstić information content (AvgIpc) is 3.26. The Morgan fingerprint density at radius 3 is 2.75 bits per heavy atom. The Morgan fingerprint density at radius 2 is 2.00 bits per heavy atom. The van der Waals surface area contributed by atoms with Gasteiger partial charge in [-0.05, 0) is 12.0 Å². The molecule has 3 aromatic rings. The molecular weight excluding hydrogens is 328 g/mol. The predicted molar refractivity (Wildman–Crippen MR) is 89.8 cm³/mol. The smallest absolute Gasteiger partial charge is 0.277 e. The van der Waals surface area contributed by atoms with Crippen LogP contribution in [0.3, 0.4) is 0 Å². The van der Waals surface area contributed by atoms with Gasteiger partial charge in [0.2, 0.25) is 11.9 Å². The zero-order chi connectivity index (χ0) is 16.8. The lowest BCUT2D eigenvalue weighted by Crippen LogP contribution is -2.15. The van der Waals surface area contributed by atoms with Gasteiger partial charge in [0, 0.05) is 11.8 Å². The zero-order valence-corrected chi connectivity index (χ0v) is 13.3. The fourth-order valence-electron chi connectivity index (χ4n) is 1.96. The number of amides is 2. The number of anilines is 2. The monoisotopic (exact) mass is 342 g/mol. The number of hydrogen-bond donors (Lipinski definition) is 3. The molecule has 0 atom stereocenters. The van der Waals surface area contributed by atoms with Crippen LogP contribution in [0.25, 0.3) is 0 Å². The van der Waals surface area contributed by atoms with Gasteiger partial charge in [0.1, 0.15) is 12.0 Å². The minimum absolute atomic E-state index is 0.143. The molecule has 9 heteroatoms. The van der Waals surface area contributed by atoms with E-state index in [9.17, 15) is 9.59 Å². The molecule has 24 heavy (non-hydrogen) atoms. The van der Waals surface area contributed by atoms with Gasteiger partial charge in [-0.15, -0.1) is 11.3 Å². The number of nitrogens with one attached hydrogen (secondary N) is 3. The SMILES string of the molecule is O=C(CCc1ccccc1)Nc1nc(C(=O)Nc2ncn[nH]2)cs1. The van der Waals surface area contributed by atoms with E-state index in [0.717, 1.165) is 5.56 Å². The molecule has 8 nitrogen and oxygen atoms in total. The Balaban J connectivity index is 1.51. The summed E-state index contributed by atoms with van der Waals surface area (Å²) in [6, 6.07) is 9.76. The number of carbonyl (C=O) groups excluding carboxylic acids is 2. The van der Waals surface area contributed by atoms with Crippen LogP contribution in [0.2, 0.25) is 0 Å². The van der Waals surface area contributed by atoms with Crippen molar-refractivity contribution in [2.75, 3.05) is 10.6 Å². The molecule has 0 aliphatic carbocycles. The van der Waals surface area contributed by atoms with Gasteiger partial charge in [-0.2, -0.15) is 10.1 Å². The van der Waals surface area contributed by atoms with Crippen LogP contribution in [0.1, 0.15) is 22.5 Å². The molecule has 0 spiro atoms. The molecule has 2 aromatic heterocycles. The lowest BCUT2D eigenvalue weighted by atomic mass is 10.1. The van der Waals surface area contributed by atoms with Gasteiger partial charge in [-0.1, -0.05) is 30.3 Å². The van der Waals surface area contributed by atoms with Gasteiger partial charge in [0.25, 0.3) is 5.91 Å². The van der Waals surface area contributed by atoms with E-state index in [4.69, 9.17) is 0 Å². The highest BCUT2D eigenvalue weighted by atomic mass is 32.1. The Hall–Kier alpha value is -3.07. The van der Waals surface area contributed by atoms with Gasteiger partial charge < -0.3 is 5.32 Å². The molecule has 3 rings (SSSR count). The van der Waals surface area contributed by atoms with Crippen LogP contribution in [0.4, 0.5) is 11.1 Å². The molecule has 3 N–H and O–H groups in total. The van der Waals surface area contributed by atoms with Gasteiger partial charge in [0.05, 0.1) is 0 Å². The van der Waals surface area contributed by atoms with Crippen molar-refractivity contribution in [3.05, 3.63) is 53.3 Å². The molecule has 2 amide bonds. The molecule has 0 unspecified atom stereocenters. The fourth-order valence-corrected chi connectivity index (χ4v) is 2.66. The van der Waals surface area contributed by atoms with Crippen LogP contribution >= 0.6 is 11.3 Å². The molecular formula is C15H14N6O2S. The summed E-state index contributed by atoms with van der Waals surface area (Å²) in [5, 5.41) is 13.3.